The second-order valence-electron chi connectivity index (χ2n) is 10.1. The van der Waals surface area contributed by atoms with Crippen molar-refractivity contribution >= 4 is 5.97 Å². The number of hydrogen-bond donors (Lipinski definition) is 0. The largest absolute Gasteiger partial charge is 0.463 e. The Morgan fingerprint density at radius 1 is 0.867 bits per heavy atom. The Balaban J connectivity index is 0.000000300. The molecule has 5 heteroatoms. The second-order valence-corrected chi connectivity index (χ2v) is 10.1. The van der Waals surface area contributed by atoms with Gasteiger partial charge in [0.1, 0.15) is 0 Å². The van der Waals surface area contributed by atoms with E-state index < -0.39 is 0 Å². The van der Waals surface area contributed by atoms with Crippen molar-refractivity contribution in [2.75, 3.05) is 39.3 Å². The number of piperidine rings is 2. The molecule has 178 valence electrons. The zero-order valence-corrected chi connectivity index (χ0v) is 20.9. The molecule has 0 radical (unpaired) electrons. The van der Waals surface area contributed by atoms with Crippen molar-refractivity contribution in [3.8, 4) is 0 Å². The summed E-state index contributed by atoms with van der Waals surface area (Å²) in [7, 11) is 0. The van der Waals surface area contributed by atoms with Crippen LogP contribution < -0.4 is 0 Å². The predicted molar refractivity (Wildman–Crippen MR) is 126 cm³/mol. The van der Waals surface area contributed by atoms with Gasteiger partial charge in [-0.2, -0.15) is 0 Å². The molecule has 0 atom stereocenters. The fraction of sp³-hybridized carbons (Fsp3) is 0.960. The van der Waals surface area contributed by atoms with E-state index in [1.165, 1.54) is 71.1 Å². The molecule has 0 saturated carbocycles. The Bertz CT molecular complexity index is 446. The van der Waals surface area contributed by atoms with Gasteiger partial charge in [0.15, 0.2) is 0 Å². The lowest BCUT2D eigenvalue weighted by atomic mass is 9.90. The number of carbonyl (C=O) groups excluding carboxylic acids is 1. The van der Waals surface area contributed by atoms with Crippen molar-refractivity contribution in [1.29, 1.82) is 0 Å². The first-order valence-corrected chi connectivity index (χ1v) is 12.5. The van der Waals surface area contributed by atoms with Crippen LogP contribution in [0, 0.1) is 0 Å². The molecule has 0 amide bonds. The number of nitrogens with zero attached hydrogens (tertiary/aromatic N) is 2. The number of likely N-dealkylation sites (tertiary alicyclic amines) is 2. The molecular formula is C25H50N2O3. The standard InChI is InChI=1S/C13H27NO.C12H23NO2/c1-12(2)15-11-7-10-14-9-6-5-8-13(14,3)4;1-11(2)15-12(14)7-6-10-13-8-4-3-5-9-13/h12H,5-11H2,1-4H3;11H,3-10H2,1-2H3. The van der Waals surface area contributed by atoms with E-state index in [0.29, 0.717) is 18.1 Å². The van der Waals surface area contributed by atoms with Crippen LogP contribution in [0.5, 0.6) is 0 Å². The van der Waals surface area contributed by atoms with E-state index >= 15 is 0 Å². The summed E-state index contributed by atoms with van der Waals surface area (Å²) >= 11 is 0. The number of hydrogen-bond acceptors (Lipinski definition) is 5. The maximum Gasteiger partial charge on any atom is 0.306 e. The summed E-state index contributed by atoms with van der Waals surface area (Å²) in [5.41, 5.74) is 0.413. The van der Waals surface area contributed by atoms with Crippen LogP contribution >= 0.6 is 0 Å². The molecule has 2 aliphatic heterocycles. The summed E-state index contributed by atoms with van der Waals surface area (Å²) < 4.78 is 10.7. The first-order chi connectivity index (χ1) is 14.2. The van der Waals surface area contributed by atoms with Crippen LogP contribution in [0.15, 0.2) is 0 Å². The number of esters is 1. The van der Waals surface area contributed by atoms with E-state index in [1.54, 1.807) is 0 Å². The van der Waals surface area contributed by atoms with Gasteiger partial charge in [0.05, 0.1) is 12.2 Å². The molecule has 2 heterocycles. The number of ether oxygens (including phenoxy) is 2. The summed E-state index contributed by atoms with van der Waals surface area (Å²) in [5.74, 6) is -0.0537. The molecular weight excluding hydrogens is 376 g/mol. The van der Waals surface area contributed by atoms with E-state index in [9.17, 15) is 4.79 Å². The Kier molecular flexibility index (Phi) is 13.9. The van der Waals surface area contributed by atoms with Crippen molar-refractivity contribution in [3.05, 3.63) is 0 Å². The van der Waals surface area contributed by atoms with Gasteiger partial charge in [-0.3, -0.25) is 9.69 Å². The van der Waals surface area contributed by atoms with E-state index in [1.807, 2.05) is 13.8 Å². The molecule has 0 unspecified atom stereocenters. The van der Waals surface area contributed by atoms with E-state index in [4.69, 9.17) is 9.47 Å². The van der Waals surface area contributed by atoms with Gasteiger partial charge in [-0.25, -0.2) is 0 Å². The van der Waals surface area contributed by atoms with Crippen molar-refractivity contribution in [2.45, 2.75) is 117 Å². The fourth-order valence-corrected chi connectivity index (χ4v) is 4.26. The lowest BCUT2D eigenvalue weighted by Crippen LogP contribution is -2.47. The average Bonchev–Trinajstić information content (AvgIpc) is 2.67. The summed E-state index contributed by atoms with van der Waals surface area (Å²) in [6, 6.07) is 0. The lowest BCUT2D eigenvalue weighted by molar-refractivity contribution is -0.147. The highest BCUT2D eigenvalue weighted by Crippen LogP contribution is 2.27. The van der Waals surface area contributed by atoms with Gasteiger partial charge in [-0.15, -0.1) is 0 Å². The maximum absolute atomic E-state index is 11.3. The minimum atomic E-state index is -0.0537. The zero-order chi connectivity index (χ0) is 22.4. The van der Waals surface area contributed by atoms with E-state index in [2.05, 4.69) is 37.5 Å². The minimum Gasteiger partial charge on any atom is -0.463 e. The van der Waals surface area contributed by atoms with Crippen LogP contribution in [-0.2, 0) is 14.3 Å². The van der Waals surface area contributed by atoms with Crippen LogP contribution in [0.1, 0.15) is 99.3 Å². The van der Waals surface area contributed by atoms with Gasteiger partial charge < -0.3 is 14.4 Å². The van der Waals surface area contributed by atoms with Gasteiger partial charge in [-0.1, -0.05) is 12.8 Å². The van der Waals surface area contributed by atoms with Crippen LogP contribution in [0.2, 0.25) is 0 Å². The van der Waals surface area contributed by atoms with Crippen LogP contribution in [-0.4, -0.2) is 72.8 Å². The third kappa shape index (κ3) is 12.9. The Morgan fingerprint density at radius 2 is 1.53 bits per heavy atom. The number of rotatable bonds is 10. The molecule has 0 aromatic heterocycles. The topological polar surface area (TPSA) is 42.0 Å². The molecule has 2 rings (SSSR count). The van der Waals surface area contributed by atoms with Crippen molar-refractivity contribution < 1.29 is 14.3 Å². The van der Waals surface area contributed by atoms with Crippen LogP contribution in [0.3, 0.4) is 0 Å². The van der Waals surface area contributed by atoms with Crippen molar-refractivity contribution in [3.63, 3.8) is 0 Å². The predicted octanol–water partition coefficient (Wildman–Crippen LogP) is 5.27. The molecule has 0 aromatic carbocycles. The normalized spacial score (nSPS) is 20.1. The molecule has 0 aromatic rings. The molecule has 2 fully saturated rings. The summed E-state index contributed by atoms with van der Waals surface area (Å²) in [6.07, 6.45) is 11.2. The van der Waals surface area contributed by atoms with Crippen LogP contribution in [0.4, 0.5) is 0 Å². The second kappa shape index (κ2) is 15.2. The Hall–Kier alpha value is -0.650. The fourth-order valence-electron chi connectivity index (χ4n) is 4.26. The zero-order valence-electron chi connectivity index (χ0n) is 20.9. The lowest BCUT2D eigenvalue weighted by Gasteiger charge is -2.42. The SMILES string of the molecule is CC(C)OC(=O)CCCN1CCCCC1.CC(C)OCCCN1CCCCC1(C)C. The summed E-state index contributed by atoms with van der Waals surface area (Å²) in [6.45, 7) is 19.6. The highest BCUT2D eigenvalue weighted by atomic mass is 16.5. The van der Waals surface area contributed by atoms with Crippen molar-refractivity contribution in [1.82, 2.24) is 9.80 Å². The monoisotopic (exact) mass is 426 g/mol. The van der Waals surface area contributed by atoms with Gasteiger partial charge in [-0.05, 0) is 106 Å². The Labute approximate surface area is 186 Å². The summed E-state index contributed by atoms with van der Waals surface area (Å²) in [4.78, 5) is 16.3. The van der Waals surface area contributed by atoms with Gasteiger partial charge >= 0.3 is 5.97 Å². The quantitative estimate of drug-likeness (QED) is 0.352. The maximum atomic E-state index is 11.3. The highest BCUT2D eigenvalue weighted by Gasteiger charge is 2.28. The molecule has 2 aliphatic rings. The number of carbonyl (C=O) groups is 1. The molecule has 2 saturated heterocycles. The highest BCUT2D eigenvalue weighted by molar-refractivity contribution is 5.69. The minimum absolute atomic E-state index is 0.0208. The van der Waals surface area contributed by atoms with E-state index in [-0.39, 0.29) is 12.1 Å². The molecule has 0 bridgehead atoms. The Morgan fingerprint density at radius 3 is 2.13 bits per heavy atom. The van der Waals surface area contributed by atoms with E-state index in [0.717, 1.165) is 19.6 Å². The van der Waals surface area contributed by atoms with Gasteiger partial charge in [0, 0.05) is 25.1 Å². The molecule has 0 spiro atoms. The van der Waals surface area contributed by atoms with Crippen molar-refractivity contribution in [2.24, 2.45) is 0 Å². The molecule has 5 nitrogen and oxygen atoms in total. The first kappa shape index (κ1) is 27.4. The van der Waals surface area contributed by atoms with Gasteiger partial charge in [0.2, 0.25) is 0 Å². The smallest absolute Gasteiger partial charge is 0.306 e. The summed E-state index contributed by atoms with van der Waals surface area (Å²) in [5, 5.41) is 0. The van der Waals surface area contributed by atoms with Crippen LogP contribution in [0.25, 0.3) is 0 Å². The molecule has 0 N–H and O–H groups in total. The third-order valence-electron chi connectivity index (χ3n) is 6.02. The molecule has 30 heavy (non-hydrogen) atoms. The first-order valence-electron chi connectivity index (χ1n) is 12.5. The van der Waals surface area contributed by atoms with Gasteiger partial charge in [0.25, 0.3) is 0 Å². The average molecular weight is 427 g/mol. The molecule has 0 aliphatic carbocycles. The third-order valence-corrected chi connectivity index (χ3v) is 6.02.